The molecule has 0 bridgehead atoms. The van der Waals surface area contributed by atoms with Gasteiger partial charge in [0.2, 0.25) is 0 Å². The number of nitrogens with zero attached hydrogens (tertiary/aromatic N) is 2. The normalized spacial score (nSPS) is 10.5. The summed E-state index contributed by atoms with van der Waals surface area (Å²) in [7, 11) is 0. The first-order valence-electron chi connectivity index (χ1n) is 7.17. The molecule has 0 radical (unpaired) electrons. The first-order valence-corrected chi connectivity index (χ1v) is 7.17. The summed E-state index contributed by atoms with van der Waals surface area (Å²) in [5, 5.41) is 4.24. The first-order chi connectivity index (χ1) is 11.1. The Bertz CT molecular complexity index is 811. The summed E-state index contributed by atoms with van der Waals surface area (Å²) in [6.07, 6.45) is 1.50. The molecule has 0 spiro atoms. The molecular weight excluding hydrogens is 295 g/mol. The number of esters is 1. The lowest BCUT2D eigenvalue weighted by Gasteiger charge is -2.06. The van der Waals surface area contributed by atoms with Crippen LogP contribution in [0, 0.1) is 12.7 Å². The van der Waals surface area contributed by atoms with Crippen LogP contribution in [0.4, 0.5) is 4.39 Å². The number of halogens is 1. The number of para-hydroxylation sites is 1. The van der Waals surface area contributed by atoms with Gasteiger partial charge >= 0.3 is 5.97 Å². The van der Waals surface area contributed by atoms with Crippen LogP contribution in [-0.2, 0) is 11.3 Å². The van der Waals surface area contributed by atoms with Crippen molar-refractivity contribution in [2.24, 2.45) is 0 Å². The Kier molecular flexibility index (Phi) is 4.19. The maximum atomic E-state index is 12.8. The quantitative estimate of drug-likeness (QED) is 0.691. The lowest BCUT2D eigenvalue weighted by molar-refractivity contribution is 0.0472. The van der Waals surface area contributed by atoms with Crippen LogP contribution in [0.15, 0.2) is 60.8 Å². The lowest BCUT2D eigenvalue weighted by atomic mass is 10.2. The van der Waals surface area contributed by atoms with Crippen molar-refractivity contribution >= 4 is 5.97 Å². The highest BCUT2D eigenvalue weighted by Gasteiger charge is 2.16. The van der Waals surface area contributed by atoms with Gasteiger partial charge in [-0.3, -0.25) is 0 Å². The number of ether oxygens (including phenoxy) is 1. The van der Waals surface area contributed by atoms with E-state index in [0.29, 0.717) is 11.3 Å². The standard InChI is InChI=1S/C18H15FN2O2/c1-13-17(11-20-21(13)16-5-3-2-4-6-16)18(22)23-12-14-7-9-15(19)10-8-14/h2-11H,12H2,1H3. The van der Waals surface area contributed by atoms with Crippen molar-refractivity contribution in [2.75, 3.05) is 0 Å². The van der Waals surface area contributed by atoms with Crippen LogP contribution in [0.5, 0.6) is 0 Å². The molecule has 0 atom stereocenters. The lowest BCUT2D eigenvalue weighted by Crippen LogP contribution is -2.07. The van der Waals surface area contributed by atoms with E-state index in [4.69, 9.17) is 4.74 Å². The average molecular weight is 310 g/mol. The number of hydrogen-bond donors (Lipinski definition) is 0. The molecule has 2 aromatic carbocycles. The van der Waals surface area contributed by atoms with E-state index in [1.807, 2.05) is 37.3 Å². The molecule has 0 saturated carbocycles. The zero-order chi connectivity index (χ0) is 16.2. The fourth-order valence-corrected chi connectivity index (χ4v) is 2.25. The van der Waals surface area contributed by atoms with Crippen LogP contribution in [0.25, 0.3) is 5.69 Å². The van der Waals surface area contributed by atoms with E-state index in [0.717, 1.165) is 11.3 Å². The molecule has 1 heterocycles. The maximum Gasteiger partial charge on any atom is 0.341 e. The van der Waals surface area contributed by atoms with Crippen molar-refractivity contribution in [1.82, 2.24) is 9.78 Å². The van der Waals surface area contributed by atoms with Gasteiger partial charge < -0.3 is 4.74 Å². The van der Waals surface area contributed by atoms with Gasteiger partial charge in [-0.05, 0) is 36.8 Å². The fourth-order valence-electron chi connectivity index (χ4n) is 2.25. The zero-order valence-corrected chi connectivity index (χ0v) is 12.6. The smallest absolute Gasteiger partial charge is 0.341 e. The van der Waals surface area contributed by atoms with Crippen molar-refractivity contribution in [3.05, 3.63) is 83.4 Å². The predicted octanol–water partition coefficient (Wildman–Crippen LogP) is 3.68. The van der Waals surface area contributed by atoms with Crippen LogP contribution >= 0.6 is 0 Å². The molecule has 3 aromatic rings. The van der Waals surface area contributed by atoms with E-state index in [9.17, 15) is 9.18 Å². The van der Waals surface area contributed by atoms with Crippen LogP contribution in [0.1, 0.15) is 21.6 Å². The third-order valence-electron chi connectivity index (χ3n) is 3.51. The van der Waals surface area contributed by atoms with E-state index in [-0.39, 0.29) is 12.4 Å². The van der Waals surface area contributed by atoms with Gasteiger partial charge in [-0.1, -0.05) is 30.3 Å². The number of hydrogen-bond acceptors (Lipinski definition) is 3. The number of aromatic nitrogens is 2. The second kappa shape index (κ2) is 6.44. The van der Waals surface area contributed by atoms with Gasteiger partial charge in [-0.25, -0.2) is 13.9 Å². The summed E-state index contributed by atoms with van der Waals surface area (Å²) in [5.41, 5.74) is 2.73. The van der Waals surface area contributed by atoms with Crippen molar-refractivity contribution in [3.63, 3.8) is 0 Å². The van der Waals surface area contributed by atoms with Gasteiger partial charge in [0, 0.05) is 0 Å². The minimum atomic E-state index is -0.450. The average Bonchev–Trinajstić information content (AvgIpc) is 2.96. The summed E-state index contributed by atoms with van der Waals surface area (Å²) in [5.74, 6) is -0.769. The Hall–Kier alpha value is -2.95. The number of rotatable bonds is 4. The molecule has 3 rings (SSSR count). The minimum Gasteiger partial charge on any atom is -0.457 e. The Morgan fingerprint density at radius 2 is 1.83 bits per heavy atom. The van der Waals surface area contributed by atoms with Gasteiger partial charge in [-0.15, -0.1) is 0 Å². The molecule has 5 heteroatoms. The molecule has 0 aliphatic carbocycles. The summed E-state index contributed by atoms with van der Waals surface area (Å²) >= 11 is 0. The summed E-state index contributed by atoms with van der Waals surface area (Å²) in [6, 6.07) is 15.4. The fraction of sp³-hybridized carbons (Fsp3) is 0.111. The second-order valence-electron chi connectivity index (χ2n) is 5.09. The van der Waals surface area contributed by atoms with E-state index >= 15 is 0 Å². The van der Waals surface area contributed by atoms with Gasteiger partial charge in [0.05, 0.1) is 17.6 Å². The molecule has 0 aliphatic heterocycles. The van der Waals surface area contributed by atoms with Crippen molar-refractivity contribution < 1.29 is 13.9 Å². The van der Waals surface area contributed by atoms with E-state index < -0.39 is 5.97 Å². The maximum absolute atomic E-state index is 12.8. The molecule has 0 saturated heterocycles. The first kappa shape index (κ1) is 15.0. The van der Waals surface area contributed by atoms with Crippen LogP contribution in [-0.4, -0.2) is 15.7 Å². The molecule has 0 unspecified atom stereocenters. The molecule has 116 valence electrons. The third kappa shape index (κ3) is 3.29. The summed E-state index contributed by atoms with van der Waals surface area (Å²) < 4.78 is 19.8. The highest BCUT2D eigenvalue weighted by molar-refractivity contribution is 5.90. The SMILES string of the molecule is Cc1c(C(=O)OCc2ccc(F)cc2)cnn1-c1ccccc1. The van der Waals surface area contributed by atoms with Gasteiger partial charge in [0.1, 0.15) is 18.0 Å². The van der Waals surface area contributed by atoms with Crippen molar-refractivity contribution in [1.29, 1.82) is 0 Å². The topological polar surface area (TPSA) is 44.1 Å². The highest BCUT2D eigenvalue weighted by atomic mass is 19.1. The molecule has 0 aliphatic rings. The second-order valence-corrected chi connectivity index (χ2v) is 5.09. The molecule has 1 aromatic heterocycles. The number of carbonyl (C=O) groups excluding carboxylic acids is 1. The predicted molar refractivity (Wildman–Crippen MR) is 83.8 cm³/mol. The van der Waals surface area contributed by atoms with E-state index in [1.165, 1.54) is 18.3 Å². The Morgan fingerprint density at radius 1 is 1.13 bits per heavy atom. The van der Waals surface area contributed by atoms with Gasteiger partial charge in [0.15, 0.2) is 0 Å². The number of benzene rings is 2. The molecular formula is C18H15FN2O2. The molecule has 0 fully saturated rings. The highest BCUT2D eigenvalue weighted by Crippen LogP contribution is 2.15. The zero-order valence-electron chi connectivity index (χ0n) is 12.6. The van der Waals surface area contributed by atoms with Crippen LogP contribution < -0.4 is 0 Å². The van der Waals surface area contributed by atoms with E-state index in [2.05, 4.69) is 5.10 Å². The van der Waals surface area contributed by atoms with Gasteiger partial charge in [-0.2, -0.15) is 5.10 Å². The Labute approximate surface area is 133 Å². The molecule has 23 heavy (non-hydrogen) atoms. The monoisotopic (exact) mass is 310 g/mol. The summed E-state index contributed by atoms with van der Waals surface area (Å²) in [6.45, 7) is 1.91. The summed E-state index contributed by atoms with van der Waals surface area (Å²) in [4.78, 5) is 12.2. The molecule has 4 nitrogen and oxygen atoms in total. The minimum absolute atomic E-state index is 0.0923. The largest absolute Gasteiger partial charge is 0.457 e. The molecule has 0 N–H and O–H groups in total. The Morgan fingerprint density at radius 3 is 2.52 bits per heavy atom. The van der Waals surface area contributed by atoms with Crippen LogP contribution in [0.2, 0.25) is 0 Å². The van der Waals surface area contributed by atoms with Crippen molar-refractivity contribution in [3.8, 4) is 5.69 Å². The van der Waals surface area contributed by atoms with Crippen molar-refractivity contribution in [2.45, 2.75) is 13.5 Å². The molecule has 0 amide bonds. The van der Waals surface area contributed by atoms with Gasteiger partial charge in [0.25, 0.3) is 0 Å². The van der Waals surface area contributed by atoms with Crippen LogP contribution in [0.3, 0.4) is 0 Å². The van der Waals surface area contributed by atoms with E-state index in [1.54, 1.807) is 16.8 Å². The Balaban J connectivity index is 1.73. The third-order valence-corrected chi connectivity index (χ3v) is 3.51. The number of carbonyl (C=O) groups is 1.